The van der Waals surface area contributed by atoms with Gasteiger partial charge in [0.15, 0.2) is 5.54 Å². The Morgan fingerprint density at radius 1 is 1.43 bits per heavy atom. The van der Waals surface area contributed by atoms with Crippen LogP contribution in [0.2, 0.25) is 0 Å². The predicted molar refractivity (Wildman–Crippen MR) is 59.0 cm³/mol. The molecular formula is C10H10BrN3. The third kappa shape index (κ3) is 1.61. The summed E-state index contributed by atoms with van der Waals surface area (Å²) in [5.74, 6) is 0. The zero-order valence-electron chi connectivity index (χ0n) is 7.55. The average molecular weight is 252 g/mol. The summed E-state index contributed by atoms with van der Waals surface area (Å²) in [6.07, 6.45) is 0. The molecule has 0 atom stereocenters. The molecule has 1 fully saturated rings. The van der Waals surface area contributed by atoms with Crippen molar-refractivity contribution in [3.63, 3.8) is 0 Å². The minimum absolute atomic E-state index is 0.427. The Kier molecular flexibility index (Phi) is 2.44. The quantitative estimate of drug-likeness (QED) is 0.842. The largest absolute Gasteiger partial charge is 0.364 e. The van der Waals surface area contributed by atoms with Gasteiger partial charge in [0.05, 0.1) is 6.07 Å². The van der Waals surface area contributed by atoms with E-state index >= 15 is 0 Å². The fourth-order valence-corrected chi connectivity index (χ4v) is 1.77. The van der Waals surface area contributed by atoms with E-state index in [1.807, 2.05) is 24.3 Å². The summed E-state index contributed by atoms with van der Waals surface area (Å²) < 4.78 is 0.988. The van der Waals surface area contributed by atoms with Crippen LogP contribution in [-0.2, 0) is 0 Å². The molecule has 14 heavy (non-hydrogen) atoms. The molecule has 72 valence electrons. The summed E-state index contributed by atoms with van der Waals surface area (Å²) in [6, 6.07) is 10.1. The molecule has 0 unspecified atom stereocenters. The van der Waals surface area contributed by atoms with Gasteiger partial charge in [-0.1, -0.05) is 12.1 Å². The van der Waals surface area contributed by atoms with Crippen LogP contribution in [0.1, 0.15) is 0 Å². The molecule has 3 nitrogen and oxygen atoms in total. The number of nitriles is 1. The monoisotopic (exact) mass is 251 g/mol. The molecule has 0 amide bonds. The number of halogens is 1. The number of benzene rings is 1. The SMILES string of the molecule is N#CC1(Nc2ccccc2Br)CNC1. The van der Waals surface area contributed by atoms with E-state index in [9.17, 15) is 0 Å². The highest BCUT2D eigenvalue weighted by molar-refractivity contribution is 9.10. The lowest BCUT2D eigenvalue weighted by atomic mass is 9.94. The van der Waals surface area contributed by atoms with Gasteiger partial charge in [0.25, 0.3) is 0 Å². The maximum absolute atomic E-state index is 9.02. The molecule has 0 bridgehead atoms. The molecule has 0 aliphatic carbocycles. The van der Waals surface area contributed by atoms with E-state index in [0.29, 0.717) is 13.1 Å². The van der Waals surface area contributed by atoms with E-state index in [2.05, 4.69) is 32.6 Å². The Morgan fingerprint density at radius 2 is 2.14 bits per heavy atom. The van der Waals surface area contributed by atoms with Crippen LogP contribution in [0.25, 0.3) is 0 Å². The van der Waals surface area contributed by atoms with E-state index in [-0.39, 0.29) is 0 Å². The van der Waals surface area contributed by atoms with Crippen LogP contribution in [0.5, 0.6) is 0 Å². The third-order valence-corrected chi connectivity index (χ3v) is 3.01. The summed E-state index contributed by atoms with van der Waals surface area (Å²) in [5, 5.41) is 15.4. The van der Waals surface area contributed by atoms with Crippen molar-refractivity contribution < 1.29 is 0 Å². The minimum Gasteiger partial charge on any atom is -0.364 e. The minimum atomic E-state index is -0.427. The fourth-order valence-electron chi connectivity index (χ4n) is 1.39. The maximum atomic E-state index is 9.02. The number of nitrogens with one attached hydrogen (secondary N) is 2. The first-order valence-electron chi connectivity index (χ1n) is 4.40. The van der Waals surface area contributed by atoms with Gasteiger partial charge in [-0.25, -0.2) is 0 Å². The van der Waals surface area contributed by atoms with Crippen molar-refractivity contribution in [1.29, 1.82) is 5.26 Å². The number of anilines is 1. The highest BCUT2D eigenvalue weighted by Crippen LogP contribution is 2.26. The van der Waals surface area contributed by atoms with Crippen molar-refractivity contribution in [2.24, 2.45) is 0 Å². The number of hydrogen-bond donors (Lipinski definition) is 2. The first kappa shape index (κ1) is 9.50. The summed E-state index contributed by atoms with van der Waals surface area (Å²) in [4.78, 5) is 0. The van der Waals surface area contributed by atoms with Gasteiger partial charge < -0.3 is 10.6 Å². The maximum Gasteiger partial charge on any atom is 0.150 e. The van der Waals surface area contributed by atoms with Crippen LogP contribution in [0, 0.1) is 11.3 Å². The predicted octanol–water partition coefficient (Wildman–Crippen LogP) is 1.73. The number of para-hydroxylation sites is 1. The van der Waals surface area contributed by atoms with Crippen LogP contribution in [0.4, 0.5) is 5.69 Å². The van der Waals surface area contributed by atoms with E-state index in [0.717, 1.165) is 10.2 Å². The summed E-state index contributed by atoms with van der Waals surface area (Å²) in [7, 11) is 0. The van der Waals surface area contributed by atoms with Gasteiger partial charge in [-0.3, -0.25) is 0 Å². The standard InChI is InChI=1S/C10H10BrN3/c11-8-3-1-2-4-9(8)14-10(5-12)6-13-7-10/h1-4,13-14H,6-7H2. The lowest BCUT2D eigenvalue weighted by Gasteiger charge is -2.37. The highest BCUT2D eigenvalue weighted by atomic mass is 79.9. The molecule has 0 saturated carbocycles. The van der Waals surface area contributed by atoms with Gasteiger partial charge in [0, 0.05) is 23.2 Å². The van der Waals surface area contributed by atoms with E-state index in [4.69, 9.17) is 5.26 Å². The number of rotatable bonds is 2. The number of nitrogens with zero attached hydrogens (tertiary/aromatic N) is 1. The van der Waals surface area contributed by atoms with Crippen molar-refractivity contribution in [2.45, 2.75) is 5.54 Å². The van der Waals surface area contributed by atoms with Crippen LogP contribution < -0.4 is 10.6 Å². The van der Waals surface area contributed by atoms with Crippen LogP contribution in [-0.4, -0.2) is 18.6 Å². The second kappa shape index (κ2) is 3.60. The van der Waals surface area contributed by atoms with Crippen LogP contribution >= 0.6 is 15.9 Å². The van der Waals surface area contributed by atoms with Crippen LogP contribution in [0.15, 0.2) is 28.7 Å². The molecule has 1 aromatic carbocycles. The fraction of sp³-hybridized carbons (Fsp3) is 0.300. The first-order valence-corrected chi connectivity index (χ1v) is 5.20. The van der Waals surface area contributed by atoms with Crippen molar-refractivity contribution >= 4 is 21.6 Å². The second-order valence-corrected chi connectivity index (χ2v) is 4.26. The topological polar surface area (TPSA) is 47.9 Å². The van der Waals surface area contributed by atoms with E-state index in [1.54, 1.807) is 0 Å². The average Bonchev–Trinajstić information content (AvgIpc) is 2.14. The third-order valence-electron chi connectivity index (χ3n) is 2.32. The molecule has 1 aliphatic rings. The summed E-state index contributed by atoms with van der Waals surface area (Å²) in [6.45, 7) is 1.40. The zero-order valence-corrected chi connectivity index (χ0v) is 9.13. The normalized spacial score (nSPS) is 18.0. The molecule has 1 aliphatic heterocycles. The summed E-state index contributed by atoms with van der Waals surface area (Å²) in [5.41, 5.74) is 0.541. The molecule has 4 heteroatoms. The second-order valence-electron chi connectivity index (χ2n) is 3.40. The Bertz CT molecular complexity index is 379. The van der Waals surface area contributed by atoms with Crippen molar-refractivity contribution in [2.75, 3.05) is 18.4 Å². The van der Waals surface area contributed by atoms with Gasteiger partial charge in [0.1, 0.15) is 0 Å². The molecule has 0 aromatic heterocycles. The molecule has 0 radical (unpaired) electrons. The highest BCUT2D eigenvalue weighted by Gasteiger charge is 2.37. The molecule has 2 rings (SSSR count). The van der Waals surface area contributed by atoms with E-state index < -0.39 is 5.54 Å². The Hall–Kier alpha value is -1.05. The van der Waals surface area contributed by atoms with Gasteiger partial charge >= 0.3 is 0 Å². The van der Waals surface area contributed by atoms with Gasteiger partial charge in [-0.2, -0.15) is 5.26 Å². The Labute approximate surface area is 91.2 Å². The molecule has 1 heterocycles. The van der Waals surface area contributed by atoms with Gasteiger partial charge in [-0.15, -0.1) is 0 Å². The lowest BCUT2D eigenvalue weighted by Crippen LogP contribution is -2.63. The summed E-state index contributed by atoms with van der Waals surface area (Å²) >= 11 is 3.44. The zero-order chi connectivity index (χ0) is 10.0. The lowest BCUT2D eigenvalue weighted by molar-refractivity contribution is 0.387. The van der Waals surface area contributed by atoms with E-state index in [1.165, 1.54) is 0 Å². The Balaban J connectivity index is 2.19. The number of hydrogen-bond acceptors (Lipinski definition) is 3. The van der Waals surface area contributed by atoms with Gasteiger partial charge in [0.2, 0.25) is 0 Å². The molecular weight excluding hydrogens is 242 g/mol. The molecule has 0 spiro atoms. The smallest absolute Gasteiger partial charge is 0.150 e. The molecule has 1 aromatic rings. The first-order chi connectivity index (χ1) is 6.76. The van der Waals surface area contributed by atoms with Crippen LogP contribution in [0.3, 0.4) is 0 Å². The van der Waals surface area contributed by atoms with Crippen molar-refractivity contribution in [1.82, 2.24) is 5.32 Å². The molecule has 2 N–H and O–H groups in total. The Morgan fingerprint density at radius 3 is 2.64 bits per heavy atom. The van der Waals surface area contributed by atoms with Crippen molar-refractivity contribution in [3.8, 4) is 6.07 Å². The molecule has 1 saturated heterocycles. The van der Waals surface area contributed by atoms with Gasteiger partial charge in [-0.05, 0) is 28.1 Å². The van der Waals surface area contributed by atoms with Crippen molar-refractivity contribution in [3.05, 3.63) is 28.7 Å².